The van der Waals surface area contributed by atoms with Gasteiger partial charge in [-0.15, -0.1) is 0 Å². The van der Waals surface area contributed by atoms with E-state index in [0.717, 1.165) is 18.6 Å². The van der Waals surface area contributed by atoms with Gasteiger partial charge in [-0.2, -0.15) is 0 Å². The molecule has 13 heteroatoms. The standard InChI is InChI=1S/C26H28FN3O7S2/c1-17-25(28-16-29-26(17)37-24-9-8-21(14-22(24)27)39(3,34)35)36-19-10-12-30(13-11-19)15-23(31)18-4-6-20(7-5-18)38(2,32)33/h4-9,14,16,19H,10-13,15H2,1-3H3. The number of piperidine rings is 1. The summed E-state index contributed by atoms with van der Waals surface area (Å²) in [6.07, 6.45) is 4.46. The van der Waals surface area contributed by atoms with E-state index in [4.69, 9.17) is 9.47 Å². The smallest absolute Gasteiger partial charge is 0.229 e. The molecule has 0 aliphatic carbocycles. The van der Waals surface area contributed by atoms with Crippen molar-refractivity contribution in [3.05, 3.63) is 65.7 Å². The predicted octanol–water partition coefficient (Wildman–Crippen LogP) is 3.25. The summed E-state index contributed by atoms with van der Waals surface area (Å²) < 4.78 is 72.6. The molecule has 1 fully saturated rings. The first kappa shape index (κ1) is 28.6. The predicted molar refractivity (Wildman–Crippen MR) is 140 cm³/mol. The quantitative estimate of drug-likeness (QED) is 0.349. The molecule has 0 amide bonds. The number of hydrogen-bond acceptors (Lipinski definition) is 10. The van der Waals surface area contributed by atoms with Crippen LogP contribution >= 0.6 is 0 Å². The molecule has 1 saturated heterocycles. The van der Waals surface area contributed by atoms with Crippen LogP contribution < -0.4 is 9.47 Å². The Balaban J connectivity index is 1.34. The zero-order chi connectivity index (χ0) is 28.4. The van der Waals surface area contributed by atoms with Crippen LogP contribution in [0.4, 0.5) is 4.39 Å². The molecule has 0 radical (unpaired) electrons. The Bertz CT molecular complexity index is 1590. The Morgan fingerprint density at radius 1 is 0.949 bits per heavy atom. The molecule has 1 aromatic heterocycles. The number of aromatic nitrogens is 2. The number of halogens is 1. The Kier molecular flexibility index (Phi) is 8.33. The minimum absolute atomic E-state index is 0.0796. The van der Waals surface area contributed by atoms with Crippen molar-refractivity contribution in [1.82, 2.24) is 14.9 Å². The molecular weight excluding hydrogens is 549 g/mol. The molecule has 1 aliphatic heterocycles. The maximum Gasteiger partial charge on any atom is 0.229 e. The summed E-state index contributed by atoms with van der Waals surface area (Å²) >= 11 is 0. The summed E-state index contributed by atoms with van der Waals surface area (Å²) in [5.74, 6) is -0.755. The summed E-state index contributed by atoms with van der Waals surface area (Å²) in [4.78, 5) is 22.9. The van der Waals surface area contributed by atoms with Crippen LogP contribution in [0.2, 0.25) is 0 Å². The monoisotopic (exact) mass is 577 g/mol. The van der Waals surface area contributed by atoms with E-state index < -0.39 is 25.5 Å². The van der Waals surface area contributed by atoms with Gasteiger partial charge in [-0.05, 0) is 50.1 Å². The molecule has 3 aromatic rings. The van der Waals surface area contributed by atoms with Crippen molar-refractivity contribution in [1.29, 1.82) is 0 Å². The number of ketones is 1. The lowest BCUT2D eigenvalue weighted by atomic mass is 10.1. The first-order valence-electron chi connectivity index (χ1n) is 12.0. The van der Waals surface area contributed by atoms with Gasteiger partial charge in [0.1, 0.15) is 12.4 Å². The Labute approximate surface area is 226 Å². The first-order chi connectivity index (χ1) is 18.3. The lowest BCUT2D eigenvalue weighted by molar-refractivity contribution is 0.0774. The van der Waals surface area contributed by atoms with Crippen molar-refractivity contribution in [2.45, 2.75) is 35.7 Å². The van der Waals surface area contributed by atoms with Crippen LogP contribution in [0.3, 0.4) is 0 Å². The summed E-state index contributed by atoms with van der Waals surface area (Å²) in [5.41, 5.74) is 0.909. The number of rotatable bonds is 9. The van der Waals surface area contributed by atoms with E-state index in [9.17, 15) is 26.0 Å². The van der Waals surface area contributed by atoms with Crippen molar-refractivity contribution in [3.63, 3.8) is 0 Å². The molecule has 2 heterocycles. The van der Waals surface area contributed by atoms with Crippen molar-refractivity contribution in [2.75, 3.05) is 32.1 Å². The van der Waals surface area contributed by atoms with E-state index in [1.165, 1.54) is 42.7 Å². The van der Waals surface area contributed by atoms with E-state index in [2.05, 4.69) is 9.97 Å². The van der Waals surface area contributed by atoms with Crippen LogP contribution in [0, 0.1) is 12.7 Å². The molecular formula is C26H28FN3O7S2. The number of ether oxygens (including phenoxy) is 2. The lowest BCUT2D eigenvalue weighted by Gasteiger charge is -2.31. The molecule has 0 spiro atoms. The van der Waals surface area contributed by atoms with Gasteiger partial charge in [-0.3, -0.25) is 9.69 Å². The molecule has 0 bridgehead atoms. The van der Waals surface area contributed by atoms with E-state index in [1.807, 2.05) is 4.90 Å². The SMILES string of the molecule is Cc1c(Oc2ccc(S(C)(=O)=O)cc2F)ncnc1OC1CCN(CC(=O)c2ccc(S(C)(=O)=O)cc2)CC1. The van der Waals surface area contributed by atoms with E-state index in [1.54, 1.807) is 6.92 Å². The van der Waals surface area contributed by atoms with Crippen LogP contribution in [-0.4, -0.2) is 75.7 Å². The van der Waals surface area contributed by atoms with Gasteiger partial charge >= 0.3 is 0 Å². The maximum absolute atomic E-state index is 14.5. The van der Waals surface area contributed by atoms with Gasteiger partial charge in [0, 0.05) is 31.2 Å². The number of hydrogen-bond donors (Lipinski definition) is 0. The van der Waals surface area contributed by atoms with E-state index in [0.29, 0.717) is 37.1 Å². The van der Waals surface area contributed by atoms with Crippen LogP contribution in [0.1, 0.15) is 28.8 Å². The van der Waals surface area contributed by atoms with Gasteiger partial charge in [0.15, 0.2) is 37.0 Å². The number of Topliss-reactive ketones (excluding diaryl/α,β-unsaturated/α-hetero) is 1. The Morgan fingerprint density at radius 3 is 2.13 bits per heavy atom. The highest BCUT2D eigenvalue weighted by Gasteiger charge is 2.24. The average Bonchev–Trinajstić information content (AvgIpc) is 2.87. The fourth-order valence-electron chi connectivity index (χ4n) is 4.07. The largest absolute Gasteiger partial charge is 0.474 e. The topological polar surface area (TPSA) is 133 Å². The van der Waals surface area contributed by atoms with Gasteiger partial charge in [0.05, 0.1) is 21.9 Å². The minimum Gasteiger partial charge on any atom is -0.474 e. The summed E-state index contributed by atoms with van der Waals surface area (Å²) in [6, 6.07) is 9.29. The number of benzene rings is 2. The van der Waals surface area contributed by atoms with Gasteiger partial charge in [0.2, 0.25) is 11.8 Å². The molecule has 2 aromatic carbocycles. The molecule has 39 heavy (non-hydrogen) atoms. The Morgan fingerprint density at radius 2 is 1.54 bits per heavy atom. The van der Waals surface area contributed by atoms with Crippen LogP contribution in [0.15, 0.2) is 58.6 Å². The highest BCUT2D eigenvalue weighted by molar-refractivity contribution is 7.91. The van der Waals surface area contributed by atoms with Crippen LogP contribution in [0.5, 0.6) is 17.5 Å². The number of nitrogens with zero attached hydrogens (tertiary/aromatic N) is 3. The molecule has 10 nitrogen and oxygen atoms in total. The van der Waals surface area contributed by atoms with Gasteiger partial charge in [-0.1, -0.05) is 12.1 Å². The second-order valence-electron chi connectivity index (χ2n) is 9.39. The number of sulfone groups is 2. The summed E-state index contributed by atoms with van der Waals surface area (Å²) in [7, 11) is -6.89. The minimum atomic E-state index is -3.56. The average molecular weight is 578 g/mol. The second kappa shape index (κ2) is 11.4. The lowest BCUT2D eigenvalue weighted by Crippen LogP contribution is -2.41. The van der Waals surface area contributed by atoms with Gasteiger partial charge in [-0.25, -0.2) is 31.2 Å². The fraction of sp³-hybridized carbons (Fsp3) is 0.346. The van der Waals surface area contributed by atoms with Gasteiger partial charge in [0.25, 0.3) is 0 Å². The van der Waals surface area contributed by atoms with E-state index >= 15 is 0 Å². The molecule has 0 atom stereocenters. The summed E-state index contributed by atoms with van der Waals surface area (Å²) in [5, 5.41) is 0. The van der Waals surface area contributed by atoms with Gasteiger partial charge < -0.3 is 9.47 Å². The zero-order valence-electron chi connectivity index (χ0n) is 21.6. The number of carbonyl (C=O) groups is 1. The fourth-order valence-corrected chi connectivity index (χ4v) is 5.33. The van der Waals surface area contributed by atoms with E-state index in [-0.39, 0.29) is 45.7 Å². The third-order valence-corrected chi connectivity index (χ3v) is 8.55. The highest BCUT2D eigenvalue weighted by atomic mass is 32.2. The van der Waals surface area contributed by atoms with Crippen molar-refractivity contribution >= 4 is 25.5 Å². The molecule has 0 saturated carbocycles. The Hall–Kier alpha value is -3.42. The van der Waals surface area contributed by atoms with Crippen molar-refractivity contribution < 1.29 is 35.5 Å². The molecule has 4 rings (SSSR count). The second-order valence-corrected chi connectivity index (χ2v) is 13.4. The van der Waals surface area contributed by atoms with Crippen molar-refractivity contribution in [2.24, 2.45) is 0 Å². The maximum atomic E-state index is 14.5. The molecule has 208 valence electrons. The summed E-state index contributed by atoms with van der Waals surface area (Å²) in [6.45, 7) is 3.11. The normalized spacial score (nSPS) is 15.2. The van der Waals surface area contributed by atoms with Crippen LogP contribution in [0.25, 0.3) is 0 Å². The molecule has 0 N–H and O–H groups in total. The number of carbonyl (C=O) groups excluding carboxylic acids is 1. The number of likely N-dealkylation sites (tertiary alicyclic amines) is 1. The highest BCUT2D eigenvalue weighted by Crippen LogP contribution is 2.31. The third-order valence-electron chi connectivity index (χ3n) is 6.31. The molecule has 0 unspecified atom stereocenters. The van der Waals surface area contributed by atoms with Crippen molar-refractivity contribution in [3.8, 4) is 17.5 Å². The van der Waals surface area contributed by atoms with Crippen LogP contribution in [-0.2, 0) is 19.7 Å². The molecule has 1 aliphatic rings. The zero-order valence-corrected chi connectivity index (χ0v) is 23.3. The third kappa shape index (κ3) is 7.16. The first-order valence-corrected chi connectivity index (χ1v) is 15.8.